The van der Waals surface area contributed by atoms with Crippen molar-refractivity contribution in [2.24, 2.45) is 0 Å². The number of para-hydroxylation sites is 6. The van der Waals surface area contributed by atoms with Gasteiger partial charge in [0.2, 0.25) is 0 Å². The van der Waals surface area contributed by atoms with Crippen LogP contribution >= 0.6 is 0 Å². The van der Waals surface area contributed by atoms with E-state index in [0.717, 1.165) is 56.0 Å². The SMILES string of the molecule is [2H]C([2H])([2H])c1cc(-c2cccc(-c3ccc4c(c3)C3(c5ccccc5-4)c4ccccc4N(c4ccccc4)c4ccccc43)c2Nc2ccccc2[N+](=O)[O-])cc(C([2H])([2H])[2H])c1. The van der Waals surface area contributed by atoms with Gasteiger partial charge in [0.15, 0.2) is 0 Å². The zero-order valence-electron chi connectivity index (χ0n) is 36.0. The van der Waals surface area contributed by atoms with Crippen molar-refractivity contribution in [3.63, 3.8) is 0 Å². The first-order valence-corrected chi connectivity index (χ1v) is 18.4. The summed E-state index contributed by atoms with van der Waals surface area (Å²) >= 11 is 0. The Labute approximate surface area is 334 Å². The van der Waals surface area contributed by atoms with Gasteiger partial charge < -0.3 is 10.2 Å². The lowest BCUT2D eigenvalue weighted by Crippen LogP contribution is -2.36. The second-order valence-electron chi connectivity index (χ2n) is 14.2. The molecule has 1 N–H and O–H groups in total. The van der Waals surface area contributed by atoms with Crippen molar-refractivity contribution in [1.82, 2.24) is 0 Å². The topological polar surface area (TPSA) is 58.4 Å². The molecule has 5 nitrogen and oxygen atoms in total. The largest absolute Gasteiger partial charge is 0.349 e. The van der Waals surface area contributed by atoms with Crippen LogP contribution in [0.3, 0.4) is 0 Å². The highest BCUT2D eigenvalue weighted by Gasteiger charge is 2.51. The molecule has 1 aliphatic heterocycles. The normalized spacial score (nSPS) is 15.1. The number of nitrogens with one attached hydrogen (secondary N) is 1. The van der Waals surface area contributed by atoms with Crippen LogP contribution in [0.5, 0.6) is 0 Å². The van der Waals surface area contributed by atoms with Crippen LogP contribution in [-0.2, 0) is 5.41 Å². The van der Waals surface area contributed by atoms with Gasteiger partial charge in [-0.25, -0.2) is 0 Å². The zero-order chi connectivity index (χ0) is 43.0. The van der Waals surface area contributed by atoms with E-state index in [1.165, 1.54) is 24.3 Å². The Hall–Kier alpha value is -7.24. The van der Waals surface area contributed by atoms with Crippen LogP contribution < -0.4 is 10.2 Å². The van der Waals surface area contributed by atoms with Crippen LogP contribution in [0.15, 0.2) is 182 Å². The molecule has 0 bridgehead atoms. The van der Waals surface area contributed by atoms with Gasteiger partial charge in [0, 0.05) is 31.1 Å². The van der Waals surface area contributed by atoms with Gasteiger partial charge in [-0.2, -0.15) is 0 Å². The summed E-state index contributed by atoms with van der Waals surface area (Å²) in [5.74, 6) is 0. The predicted octanol–water partition coefficient (Wildman–Crippen LogP) is 13.4. The summed E-state index contributed by atoms with van der Waals surface area (Å²) in [6, 6.07) is 58.4. The average molecular weight is 730 g/mol. The number of nitro benzene ring substituents is 1. The molecular weight excluding hydrogens is 687 g/mol. The van der Waals surface area contributed by atoms with Crippen LogP contribution in [0, 0.1) is 23.8 Å². The maximum absolute atomic E-state index is 12.4. The molecule has 1 aliphatic carbocycles. The Morgan fingerprint density at radius 3 is 1.80 bits per heavy atom. The maximum atomic E-state index is 12.4. The minimum Gasteiger partial charge on any atom is -0.349 e. The molecule has 8 aromatic carbocycles. The van der Waals surface area contributed by atoms with Crippen LogP contribution in [0.1, 0.15) is 41.6 Å². The van der Waals surface area contributed by atoms with E-state index in [-0.39, 0.29) is 22.5 Å². The van der Waals surface area contributed by atoms with Crippen molar-refractivity contribution in [1.29, 1.82) is 0 Å². The van der Waals surface area contributed by atoms with E-state index in [1.54, 1.807) is 24.3 Å². The van der Waals surface area contributed by atoms with Gasteiger partial charge in [0.25, 0.3) is 5.69 Å². The highest BCUT2D eigenvalue weighted by Crippen LogP contribution is 2.63. The lowest BCUT2D eigenvalue weighted by atomic mass is 9.64. The van der Waals surface area contributed by atoms with Gasteiger partial charge in [0.1, 0.15) is 5.69 Å². The summed E-state index contributed by atoms with van der Waals surface area (Å²) in [5.41, 5.74) is 11.5. The van der Waals surface area contributed by atoms with E-state index < -0.39 is 24.0 Å². The van der Waals surface area contributed by atoms with Crippen LogP contribution in [0.2, 0.25) is 0 Å². The van der Waals surface area contributed by atoms with Gasteiger partial charge in [-0.3, -0.25) is 10.1 Å². The van der Waals surface area contributed by atoms with Crippen molar-refractivity contribution in [2.45, 2.75) is 19.1 Å². The maximum Gasteiger partial charge on any atom is 0.292 e. The number of nitrogens with zero attached hydrogens (tertiary/aromatic N) is 2. The number of nitro groups is 1. The summed E-state index contributed by atoms with van der Waals surface area (Å²) < 4.78 is 49.6. The fraction of sp³-hybridized carbons (Fsp3) is 0.0588. The van der Waals surface area contributed by atoms with Crippen molar-refractivity contribution < 1.29 is 13.1 Å². The first-order chi connectivity index (χ1) is 29.9. The number of rotatable bonds is 6. The van der Waals surface area contributed by atoms with Crippen molar-refractivity contribution in [2.75, 3.05) is 10.2 Å². The first-order valence-electron chi connectivity index (χ1n) is 21.4. The molecule has 2 aliphatic rings. The number of hydrogen-bond donors (Lipinski definition) is 1. The molecule has 0 saturated heterocycles. The third kappa shape index (κ3) is 5.01. The summed E-state index contributed by atoms with van der Waals surface area (Å²) in [4.78, 5) is 14.3. The molecule has 0 amide bonds. The fourth-order valence-corrected chi connectivity index (χ4v) is 8.95. The molecule has 1 spiro atoms. The zero-order valence-corrected chi connectivity index (χ0v) is 30.0. The van der Waals surface area contributed by atoms with Gasteiger partial charge in [-0.1, -0.05) is 151 Å². The third-order valence-electron chi connectivity index (χ3n) is 11.1. The molecule has 1 heterocycles. The Bertz CT molecular complexity index is 3010. The molecular formula is C51H37N3O2. The van der Waals surface area contributed by atoms with Gasteiger partial charge in [-0.15, -0.1) is 0 Å². The smallest absolute Gasteiger partial charge is 0.292 e. The van der Waals surface area contributed by atoms with E-state index in [2.05, 4.69) is 107 Å². The lowest BCUT2D eigenvalue weighted by Gasteiger charge is -2.45. The highest BCUT2D eigenvalue weighted by molar-refractivity contribution is 5.99. The lowest BCUT2D eigenvalue weighted by molar-refractivity contribution is -0.383. The molecule has 268 valence electrons. The fourth-order valence-electron chi connectivity index (χ4n) is 8.95. The summed E-state index contributed by atoms with van der Waals surface area (Å²) in [6.07, 6.45) is 0. The standard InChI is InChI=1S/C51H37N3O2/c1-33-29-34(2)31-36(30-33)39-19-14-18-38(50(39)52-46-23-10-13-26-49(46)54(55)56)35-27-28-41-40-17-6-7-20-42(40)51(45(41)32-35)43-21-8-11-24-47(43)53(37-15-4-3-5-16-37)48-25-12-9-22-44(48)51/h3-32,52H,1-2H3/i1D3,2D3. The van der Waals surface area contributed by atoms with Gasteiger partial charge >= 0.3 is 0 Å². The number of hydrogen-bond acceptors (Lipinski definition) is 4. The number of anilines is 5. The third-order valence-corrected chi connectivity index (χ3v) is 11.1. The number of fused-ring (bicyclic) bond motifs is 9. The molecule has 0 unspecified atom stereocenters. The summed E-state index contributed by atoms with van der Waals surface area (Å²) in [6.45, 7) is -5.21. The monoisotopic (exact) mass is 729 g/mol. The van der Waals surface area contributed by atoms with E-state index in [9.17, 15) is 10.1 Å². The van der Waals surface area contributed by atoms with E-state index >= 15 is 0 Å². The molecule has 0 radical (unpaired) electrons. The van der Waals surface area contributed by atoms with Crippen molar-refractivity contribution in [3.05, 3.63) is 225 Å². The second kappa shape index (κ2) is 13.0. The molecule has 0 fully saturated rings. The molecule has 10 rings (SSSR count). The minimum atomic E-state index is -2.61. The Balaban J connectivity index is 1.26. The van der Waals surface area contributed by atoms with Gasteiger partial charge in [-0.05, 0) is 94.6 Å². The van der Waals surface area contributed by atoms with Crippen LogP contribution in [-0.4, -0.2) is 4.92 Å². The van der Waals surface area contributed by atoms with Crippen molar-refractivity contribution >= 4 is 34.1 Å². The quantitative estimate of drug-likeness (QED) is 0.137. The average Bonchev–Trinajstić information content (AvgIpc) is 3.56. The molecule has 5 heteroatoms. The Morgan fingerprint density at radius 1 is 0.536 bits per heavy atom. The molecule has 0 atom stereocenters. The minimum absolute atomic E-state index is 0.125. The Morgan fingerprint density at radius 2 is 1.11 bits per heavy atom. The first kappa shape index (κ1) is 27.4. The molecule has 56 heavy (non-hydrogen) atoms. The molecule has 8 aromatic rings. The molecule has 0 saturated carbocycles. The van der Waals surface area contributed by atoms with Crippen molar-refractivity contribution in [3.8, 4) is 33.4 Å². The number of aryl methyl sites for hydroxylation is 2. The summed E-state index contributed by atoms with van der Waals surface area (Å²) in [7, 11) is 0. The second-order valence-corrected chi connectivity index (χ2v) is 14.2. The molecule has 0 aromatic heterocycles. The van der Waals surface area contributed by atoms with Gasteiger partial charge in [0.05, 0.1) is 27.4 Å². The Kier molecular flexibility index (Phi) is 6.33. The highest BCUT2D eigenvalue weighted by atomic mass is 16.6. The van der Waals surface area contributed by atoms with E-state index in [4.69, 9.17) is 8.22 Å². The number of benzene rings is 8. The predicted molar refractivity (Wildman–Crippen MR) is 229 cm³/mol. The summed E-state index contributed by atoms with van der Waals surface area (Å²) in [5, 5.41) is 15.8. The van der Waals surface area contributed by atoms with Crippen LogP contribution in [0.4, 0.5) is 34.1 Å². The van der Waals surface area contributed by atoms with E-state index in [1.807, 2.05) is 36.4 Å². The van der Waals surface area contributed by atoms with Crippen LogP contribution in [0.25, 0.3) is 33.4 Å². The van der Waals surface area contributed by atoms with E-state index in [0.29, 0.717) is 22.4 Å².